The number of nitrogens with one attached hydrogen (secondary N) is 1. The molecule has 0 radical (unpaired) electrons. The lowest BCUT2D eigenvalue weighted by atomic mass is 10.2. The molecule has 0 saturated heterocycles. The molecule has 0 aliphatic carbocycles. The number of alkyl halides is 3. The Kier molecular flexibility index (Phi) is 4.99. The number of hydrogen-bond donors (Lipinski definition) is 1. The van der Waals surface area contributed by atoms with Crippen LogP contribution in [0.4, 0.5) is 18.9 Å². The van der Waals surface area contributed by atoms with Gasteiger partial charge in [0.25, 0.3) is 5.91 Å². The standard InChI is InChI=1S/C15H8F3IN4OS/c16-15(17,18)8-2-3-9(19)10(6-8)22-13(24)11-7-25-14(23-11)12-20-4-1-5-21-12/h1-7H,(H,22,24). The molecule has 1 amide bonds. The minimum absolute atomic E-state index is 0.0749. The lowest BCUT2D eigenvalue weighted by Gasteiger charge is -2.11. The Morgan fingerprint density at radius 1 is 1.20 bits per heavy atom. The van der Waals surface area contributed by atoms with Crippen molar-refractivity contribution < 1.29 is 18.0 Å². The highest BCUT2D eigenvalue weighted by Crippen LogP contribution is 2.33. The van der Waals surface area contributed by atoms with E-state index in [1.165, 1.54) is 22.8 Å². The number of hydrogen-bond acceptors (Lipinski definition) is 5. The van der Waals surface area contributed by atoms with Gasteiger partial charge in [0.1, 0.15) is 5.69 Å². The van der Waals surface area contributed by atoms with Crippen LogP contribution in [0.25, 0.3) is 10.8 Å². The number of amides is 1. The molecular formula is C15H8F3IN4OS. The largest absolute Gasteiger partial charge is 0.416 e. The van der Waals surface area contributed by atoms with Crippen molar-refractivity contribution in [3.05, 3.63) is 56.9 Å². The predicted molar refractivity (Wildman–Crippen MR) is 95.3 cm³/mol. The van der Waals surface area contributed by atoms with Crippen molar-refractivity contribution in [1.29, 1.82) is 0 Å². The highest BCUT2D eigenvalue weighted by molar-refractivity contribution is 14.1. The molecule has 2 heterocycles. The van der Waals surface area contributed by atoms with Gasteiger partial charge in [-0.25, -0.2) is 15.0 Å². The summed E-state index contributed by atoms with van der Waals surface area (Å²) in [5.41, 5.74) is -0.675. The first-order chi connectivity index (χ1) is 11.8. The summed E-state index contributed by atoms with van der Waals surface area (Å²) in [4.78, 5) is 24.5. The van der Waals surface area contributed by atoms with E-state index in [2.05, 4.69) is 20.3 Å². The monoisotopic (exact) mass is 476 g/mol. The third-order valence-corrected chi connectivity index (χ3v) is 4.81. The van der Waals surface area contributed by atoms with E-state index in [0.717, 1.165) is 12.1 Å². The Labute approximate surface area is 157 Å². The molecule has 0 aliphatic heterocycles. The summed E-state index contributed by atoms with van der Waals surface area (Å²) in [6.07, 6.45) is -1.38. The summed E-state index contributed by atoms with van der Waals surface area (Å²) >= 11 is 3.03. The highest BCUT2D eigenvalue weighted by atomic mass is 127. The number of thiazole rings is 1. The Morgan fingerprint density at radius 2 is 1.92 bits per heavy atom. The van der Waals surface area contributed by atoms with Gasteiger partial charge in [0.2, 0.25) is 0 Å². The molecule has 1 N–H and O–H groups in total. The number of carbonyl (C=O) groups excluding carboxylic acids is 1. The number of nitrogens with zero attached hydrogens (tertiary/aromatic N) is 3. The molecule has 10 heteroatoms. The molecule has 5 nitrogen and oxygen atoms in total. The van der Waals surface area contributed by atoms with Gasteiger partial charge in [-0.05, 0) is 46.9 Å². The zero-order valence-corrected chi connectivity index (χ0v) is 15.2. The maximum absolute atomic E-state index is 12.8. The van der Waals surface area contributed by atoms with Crippen LogP contribution in [0.5, 0.6) is 0 Å². The van der Waals surface area contributed by atoms with Crippen LogP contribution in [-0.4, -0.2) is 20.9 Å². The highest BCUT2D eigenvalue weighted by Gasteiger charge is 2.31. The summed E-state index contributed by atoms with van der Waals surface area (Å²) in [6.45, 7) is 0. The molecule has 0 unspecified atom stereocenters. The third-order valence-electron chi connectivity index (χ3n) is 3.04. The first kappa shape index (κ1) is 17.7. The molecule has 1 aromatic carbocycles. The number of aromatic nitrogens is 3. The Morgan fingerprint density at radius 3 is 2.60 bits per heavy atom. The lowest BCUT2D eigenvalue weighted by molar-refractivity contribution is -0.137. The molecule has 3 rings (SSSR count). The van der Waals surface area contributed by atoms with Crippen LogP contribution in [0, 0.1) is 3.57 Å². The van der Waals surface area contributed by atoms with Crippen molar-refractivity contribution >= 4 is 45.5 Å². The molecule has 2 aromatic heterocycles. The predicted octanol–water partition coefficient (Wildman–Crippen LogP) is 4.48. The minimum Gasteiger partial charge on any atom is -0.320 e. The number of halogens is 4. The number of rotatable bonds is 3. The molecule has 128 valence electrons. The van der Waals surface area contributed by atoms with Crippen molar-refractivity contribution in [2.24, 2.45) is 0 Å². The average molecular weight is 476 g/mol. The number of benzene rings is 1. The summed E-state index contributed by atoms with van der Waals surface area (Å²) < 4.78 is 38.9. The normalized spacial score (nSPS) is 11.4. The van der Waals surface area contributed by atoms with Crippen molar-refractivity contribution in [2.45, 2.75) is 6.18 Å². The zero-order chi connectivity index (χ0) is 18.0. The van der Waals surface area contributed by atoms with Gasteiger partial charge in [-0.3, -0.25) is 4.79 Å². The topological polar surface area (TPSA) is 67.8 Å². The van der Waals surface area contributed by atoms with Gasteiger partial charge in [0, 0.05) is 21.3 Å². The number of anilines is 1. The molecule has 0 bridgehead atoms. The summed E-state index contributed by atoms with van der Waals surface area (Å²) in [5.74, 6) is -0.226. The molecule has 25 heavy (non-hydrogen) atoms. The van der Waals surface area contributed by atoms with Crippen molar-refractivity contribution in [3.63, 3.8) is 0 Å². The maximum atomic E-state index is 12.8. The Bertz CT molecular complexity index is 915. The van der Waals surface area contributed by atoms with E-state index in [0.29, 0.717) is 14.4 Å². The number of carbonyl (C=O) groups is 1. The van der Waals surface area contributed by atoms with Crippen LogP contribution in [0.1, 0.15) is 16.1 Å². The first-order valence-electron chi connectivity index (χ1n) is 6.75. The molecular weight excluding hydrogens is 468 g/mol. The van der Waals surface area contributed by atoms with Gasteiger partial charge in [-0.15, -0.1) is 11.3 Å². The third kappa shape index (κ3) is 4.12. The maximum Gasteiger partial charge on any atom is 0.416 e. The Hall–Kier alpha value is -2.08. The van der Waals surface area contributed by atoms with Gasteiger partial charge in [-0.2, -0.15) is 13.2 Å². The SMILES string of the molecule is O=C(Nc1cc(C(F)(F)F)ccc1I)c1csc(-c2ncccn2)n1. The van der Waals surface area contributed by atoms with Crippen LogP contribution in [-0.2, 0) is 6.18 Å². The second-order valence-corrected chi connectivity index (χ2v) is 6.78. The van der Waals surface area contributed by atoms with Crippen LogP contribution in [0.3, 0.4) is 0 Å². The lowest BCUT2D eigenvalue weighted by Crippen LogP contribution is -2.14. The Balaban J connectivity index is 1.83. The quantitative estimate of drug-likeness (QED) is 0.567. The zero-order valence-electron chi connectivity index (χ0n) is 12.2. The average Bonchev–Trinajstić information content (AvgIpc) is 3.07. The van der Waals surface area contributed by atoms with Crippen LogP contribution in [0.15, 0.2) is 42.0 Å². The molecule has 0 saturated carbocycles. The van der Waals surface area contributed by atoms with Gasteiger partial charge >= 0.3 is 6.18 Å². The van der Waals surface area contributed by atoms with Gasteiger partial charge in [0.05, 0.1) is 11.3 Å². The van der Waals surface area contributed by atoms with E-state index >= 15 is 0 Å². The summed E-state index contributed by atoms with van der Waals surface area (Å²) in [7, 11) is 0. The molecule has 0 fully saturated rings. The second kappa shape index (κ2) is 7.04. The van der Waals surface area contributed by atoms with E-state index in [1.807, 2.05) is 22.6 Å². The molecule has 3 aromatic rings. The molecule has 0 atom stereocenters. The fourth-order valence-corrected chi connectivity index (χ4v) is 3.09. The van der Waals surface area contributed by atoms with Crippen LogP contribution in [0.2, 0.25) is 0 Å². The molecule has 0 spiro atoms. The van der Waals surface area contributed by atoms with E-state index < -0.39 is 17.6 Å². The smallest absolute Gasteiger partial charge is 0.320 e. The second-order valence-electron chi connectivity index (χ2n) is 4.76. The van der Waals surface area contributed by atoms with E-state index in [-0.39, 0.29) is 11.4 Å². The fourth-order valence-electron chi connectivity index (χ4n) is 1.87. The van der Waals surface area contributed by atoms with E-state index in [9.17, 15) is 18.0 Å². The van der Waals surface area contributed by atoms with Crippen molar-refractivity contribution in [1.82, 2.24) is 15.0 Å². The van der Waals surface area contributed by atoms with Crippen molar-refractivity contribution in [2.75, 3.05) is 5.32 Å². The fraction of sp³-hybridized carbons (Fsp3) is 0.0667. The first-order valence-corrected chi connectivity index (χ1v) is 8.71. The van der Waals surface area contributed by atoms with Gasteiger partial charge in [0.15, 0.2) is 10.8 Å². The minimum atomic E-state index is -4.48. The van der Waals surface area contributed by atoms with Crippen LogP contribution >= 0.6 is 33.9 Å². The van der Waals surface area contributed by atoms with Crippen molar-refractivity contribution in [3.8, 4) is 10.8 Å². The summed E-state index contributed by atoms with van der Waals surface area (Å²) in [6, 6.07) is 4.81. The van der Waals surface area contributed by atoms with Gasteiger partial charge < -0.3 is 5.32 Å². The van der Waals surface area contributed by atoms with E-state index in [1.54, 1.807) is 18.5 Å². The summed E-state index contributed by atoms with van der Waals surface area (Å²) in [5, 5.41) is 4.41. The van der Waals surface area contributed by atoms with Gasteiger partial charge in [-0.1, -0.05) is 0 Å². The van der Waals surface area contributed by atoms with Crippen LogP contribution < -0.4 is 5.32 Å². The van der Waals surface area contributed by atoms with E-state index in [4.69, 9.17) is 0 Å². The molecule has 0 aliphatic rings.